The first-order valence-corrected chi connectivity index (χ1v) is 4.25. The van der Waals surface area contributed by atoms with Crippen molar-refractivity contribution in [3.05, 3.63) is 17.8 Å². The highest BCUT2D eigenvalue weighted by Gasteiger charge is 1.94. The lowest BCUT2D eigenvalue weighted by Crippen LogP contribution is -2.33. The van der Waals surface area contributed by atoms with Crippen LogP contribution >= 0.6 is 0 Å². The number of hydrogen-bond donors (Lipinski definition) is 3. The lowest BCUT2D eigenvalue weighted by atomic mass is 10.3. The Morgan fingerprint density at radius 3 is 3.00 bits per heavy atom. The minimum Gasteiger partial charge on any atom is -0.367 e. The molecule has 0 bridgehead atoms. The van der Waals surface area contributed by atoms with E-state index in [1.54, 1.807) is 6.20 Å². The first-order chi connectivity index (χ1) is 6.68. The van der Waals surface area contributed by atoms with Crippen molar-refractivity contribution in [3.63, 3.8) is 0 Å². The molecule has 1 aromatic heterocycles. The number of carbonyl (C=O) groups is 1. The highest BCUT2D eigenvalue weighted by Crippen LogP contribution is 2.01. The van der Waals surface area contributed by atoms with E-state index in [2.05, 4.69) is 20.8 Å². The third-order valence-electron chi connectivity index (χ3n) is 1.52. The van der Waals surface area contributed by atoms with Crippen molar-refractivity contribution in [2.24, 2.45) is 5.73 Å². The molecule has 0 aliphatic carbocycles. The number of nitrogens with one attached hydrogen (secondary N) is 2. The SMILES string of the molecule is Cc1cnnc(NCCNC(N)=O)c1. The van der Waals surface area contributed by atoms with Crippen LogP contribution in [0.2, 0.25) is 0 Å². The lowest BCUT2D eigenvalue weighted by Gasteiger charge is -2.04. The molecule has 1 aromatic rings. The van der Waals surface area contributed by atoms with Crippen LogP contribution in [0.4, 0.5) is 10.6 Å². The molecule has 6 nitrogen and oxygen atoms in total. The van der Waals surface area contributed by atoms with Crippen molar-refractivity contribution in [2.45, 2.75) is 6.92 Å². The van der Waals surface area contributed by atoms with E-state index in [-0.39, 0.29) is 0 Å². The zero-order valence-corrected chi connectivity index (χ0v) is 7.95. The number of rotatable bonds is 4. The molecule has 6 heteroatoms. The normalized spacial score (nSPS) is 9.50. The van der Waals surface area contributed by atoms with Crippen LogP contribution in [-0.4, -0.2) is 29.3 Å². The second kappa shape index (κ2) is 5.00. The van der Waals surface area contributed by atoms with E-state index in [0.717, 1.165) is 5.56 Å². The molecule has 1 heterocycles. The molecule has 0 saturated carbocycles. The number of nitrogens with zero attached hydrogens (tertiary/aromatic N) is 2. The minimum atomic E-state index is -0.526. The fraction of sp³-hybridized carbons (Fsp3) is 0.375. The third-order valence-corrected chi connectivity index (χ3v) is 1.52. The summed E-state index contributed by atoms with van der Waals surface area (Å²) < 4.78 is 0. The number of primary amides is 1. The van der Waals surface area contributed by atoms with Crippen LogP contribution < -0.4 is 16.4 Å². The smallest absolute Gasteiger partial charge is 0.312 e. The van der Waals surface area contributed by atoms with Gasteiger partial charge in [-0.3, -0.25) is 0 Å². The van der Waals surface area contributed by atoms with Crippen LogP contribution in [0.1, 0.15) is 5.56 Å². The number of anilines is 1. The molecule has 14 heavy (non-hydrogen) atoms. The molecule has 2 amide bonds. The van der Waals surface area contributed by atoms with Gasteiger partial charge >= 0.3 is 6.03 Å². The van der Waals surface area contributed by atoms with Crippen LogP contribution in [0, 0.1) is 6.92 Å². The fourth-order valence-corrected chi connectivity index (χ4v) is 0.927. The Hall–Kier alpha value is -1.85. The van der Waals surface area contributed by atoms with Crippen molar-refractivity contribution >= 4 is 11.8 Å². The quantitative estimate of drug-likeness (QED) is 0.583. The maximum atomic E-state index is 10.3. The number of carbonyl (C=O) groups excluding carboxylic acids is 1. The maximum Gasteiger partial charge on any atom is 0.312 e. The van der Waals surface area contributed by atoms with E-state index < -0.39 is 6.03 Å². The summed E-state index contributed by atoms with van der Waals surface area (Å²) in [6, 6.07) is 1.35. The summed E-state index contributed by atoms with van der Waals surface area (Å²) in [5.74, 6) is 0.691. The monoisotopic (exact) mass is 195 g/mol. The van der Waals surface area contributed by atoms with Crippen molar-refractivity contribution in [1.29, 1.82) is 0 Å². The van der Waals surface area contributed by atoms with E-state index in [4.69, 9.17) is 5.73 Å². The van der Waals surface area contributed by atoms with Gasteiger partial charge in [-0.05, 0) is 18.6 Å². The van der Waals surface area contributed by atoms with Crippen LogP contribution in [0.15, 0.2) is 12.3 Å². The van der Waals surface area contributed by atoms with Gasteiger partial charge in [0.2, 0.25) is 0 Å². The number of nitrogens with two attached hydrogens (primary N) is 1. The number of aromatic nitrogens is 2. The first-order valence-electron chi connectivity index (χ1n) is 4.25. The van der Waals surface area contributed by atoms with Gasteiger partial charge in [0.15, 0.2) is 0 Å². The predicted octanol–water partition coefficient (Wildman–Crippen LogP) is -0.135. The molecule has 0 spiro atoms. The van der Waals surface area contributed by atoms with Crippen molar-refractivity contribution < 1.29 is 4.79 Å². The maximum absolute atomic E-state index is 10.3. The van der Waals surface area contributed by atoms with Gasteiger partial charge in [0.25, 0.3) is 0 Å². The van der Waals surface area contributed by atoms with Crippen LogP contribution in [0.5, 0.6) is 0 Å². The van der Waals surface area contributed by atoms with E-state index in [9.17, 15) is 4.79 Å². The Labute approximate surface area is 81.9 Å². The topological polar surface area (TPSA) is 92.9 Å². The molecular formula is C8H13N5O. The number of amides is 2. The second-order valence-corrected chi connectivity index (χ2v) is 2.84. The molecule has 1 rings (SSSR count). The summed E-state index contributed by atoms with van der Waals surface area (Å²) in [7, 11) is 0. The summed E-state index contributed by atoms with van der Waals surface area (Å²) in [5.41, 5.74) is 5.92. The zero-order chi connectivity index (χ0) is 10.4. The molecule has 0 aliphatic heterocycles. The fourth-order valence-electron chi connectivity index (χ4n) is 0.927. The Balaban J connectivity index is 2.28. The molecule has 0 atom stereocenters. The van der Waals surface area contributed by atoms with Gasteiger partial charge in [-0.1, -0.05) is 0 Å². The third kappa shape index (κ3) is 3.70. The molecule has 0 saturated heterocycles. The van der Waals surface area contributed by atoms with Gasteiger partial charge in [-0.15, -0.1) is 5.10 Å². The second-order valence-electron chi connectivity index (χ2n) is 2.84. The zero-order valence-electron chi connectivity index (χ0n) is 7.95. The van der Waals surface area contributed by atoms with Crippen molar-refractivity contribution in [2.75, 3.05) is 18.4 Å². The van der Waals surface area contributed by atoms with Gasteiger partial charge in [-0.2, -0.15) is 5.10 Å². The summed E-state index contributed by atoms with van der Waals surface area (Å²) in [6.07, 6.45) is 1.67. The number of aryl methyl sites for hydroxylation is 1. The average Bonchev–Trinajstić information content (AvgIpc) is 2.12. The van der Waals surface area contributed by atoms with Gasteiger partial charge in [-0.25, -0.2) is 4.79 Å². The van der Waals surface area contributed by atoms with Gasteiger partial charge in [0, 0.05) is 13.1 Å². The Kier molecular flexibility index (Phi) is 3.66. The summed E-state index contributed by atoms with van der Waals surface area (Å²) in [6.45, 7) is 2.97. The van der Waals surface area contributed by atoms with Gasteiger partial charge < -0.3 is 16.4 Å². The highest BCUT2D eigenvalue weighted by molar-refractivity contribution is 5.71. The van der Waals surface area contributed by atoms with E-state index >= 15 is 0 Å². The van der Waals surface area contributed by atoms with Crippen molar-refractivity contribution in [3.8, 4) is 0 Å². The summed E-state index contributed by atoms with van der Waals surface area (Å²) in [4.78, 5) is 10.3. The summed E-state index contributed by atoms with van der Waals surface area (Å²) >= 11 is 0. The van der Waals surface area contributed by atoms with Gasteiger partial charge in [0.05, 0.1) is 6.20 Å². The Bertz CT molecular complexity index is 314. The van der Waals surface area contributed by atoms with E-state index in [0.29, 0.717) is 18.9 Å². The molecule has 76 valence electrons. The van der Waals surface area contributed by atoms with Crippen molar-refractivity contribution in [1.82, 2.24) is 15.5 Å². The minimum absolute atomic E-state index is 0.463. The molecule has 0 aliphatic rings. The van der Waals surface area contributed by atoms with Crippen LogP contribution in [-0.2, 0) is 0 Å². The molecule has 0 aromatic carbocycles. The van der Waals surface area contributed by atoms with Crippen LogP contribution in [0.3, 0.4) is 0 Å². The average molecular weight is 195 g/mol. The van der Waals surface area contributed by atoms with Gasteiger partial charge in [0.1, 0.15) is 5.82 Å². The molecular weight excluding hydrogens is 182 g/mol. The van der Waals surface area contributed by atoms with E-state index in [1.807, 2.05) is 13.0 Å². The number of urea groups is 1. The van der Waals surface area contributed by atoms with Crippen LogP contribution in [0.25, 0.3) is 0 Å². The Morgan fingerprint density at radius 2 is 2.36 bits per heavy atom. The molecule has 0 radical (unpaired) electrons. The Morgan fingerprint density at radius 1 is 1.57 bits per heavy atom. The molecule has 0 unspecified atom stereocenters. The summed E-state index contributed by atoms with van der Waals surface area (Å²) in [5, 5.41) is 13.1. The molecule has 0 fully saturated rings. The first kappa shape index (κ1) is 10.2. The van der Waals surface area contributed by atoms with E-state index in [1.165, 1.54) is 0 Å². The standard InChI is InChI=1S/C8H13N5O/c1-6-4-7(13-12-5-6)10-2-3-11-8(9)14/h4-5H,2-3H2,1H3,(H,10,13)(H3,9,11,14). The number of hydrogen-bond acceptors (Lipinski definition) is 4. The lowest BCUT2D eigenvalue weighted by molar-refractivity contribution is 0.249. The molecule has 4 N–H and O–H groups in total. The predicted molar refractivity (Wildman–Crippen MR) is 52.8 cm³/mol. The highest BCUT2D eigenvalue weighted by atomic mass is 16.2. The largest absolute Gasteiger partial charge is 0.367 e.